The smallest absolute Gasteiger partial charge is 0.253 e. The summed E-state index contributed by atoms with van der Waals surface area (Å²) in [4.78, 5) is 44.8. The summed E-state index contributed by atoms with van der Waals surface area (Å²) in [6, 6.07) is 5.41. The summed E-state index contributed by atoms with van der Waals surface area (Å²) in [5, 5.41) is 2.93. The van der Waals surface area contributed by atoms with Crippen molar-refractivity contribution >= 4 is 29.1 Å². The van der Waals surface area contributed by atoms with Gasteiger partial charge < -0.3 is 19.9 Å². The molecule has 0 spiro atoms. The molecular weight excluding hydrogens is 408 g/mol. The zero-order valence-corrected chi connectivity index (χ0v) is 18.6. The summed E-state index contributed by atoms with van der Waals surface area (Å²) in [5.41, 5.74) is 2.20. The van der Waals surface area contributed by atoms with Gasteiger partial charge in [-0.05, 0) is 63.1 Å². The second kappa shape index (κ2) is 9.10. The van der Waals surface area contributed by atoms with Crippen LogP contribution >= 0.6 is 0 Å². The summed E-state index contributed by atoms with van der Waals surface area (Å²) >= 11 is 0. The number of nitrogens with one attached hydrogen (secondary N) is 1. The van der Waals surface area contributed by atoms with Gasteiger partial charge in [0.25, 0.3) is 5.91 Å². The summed E-state index contributed by atoms with van der Waals surface area (Å²) in [6.45, 7) is 3.55. The lowest BCUT2D eigenvalue weighted by Crippen LogP contribution is -2.57. The third-order valence-electron chi connectivity index (χ3n) is 7.12. The van der Waals surface area contributed by atoms with Gasteiger partial charge in [-0.3, -0.25) is 19.3 Å². The number of ether oxygens (including phenoxy) is 1. The van der Waals surface area contributed by atoms with Crippen molar-refractivity contribution < 1.29 is 19.1 Å². The molecule has 0 aromatic heterocycles. The molecule has 0 saturated carbocycles. The molecule has 8 heteroatoms. The van der Waals surface area contributed by atoms with Crippen LogP contribution in [0.5, 0.6) is 0 Å². The molecule has 8 nitrogen and oxygen atoms in total. The van der Waals surface area contributed by atoms with Crippen molar-refractivity contribution in [3.05, 3.63) is 23.8 Å². The third kappa shape index (κ3) is 4.08. The third-order valence-corrected chi connectivity index (χ3v) is 7.12. The van der Waals surface area contributed by atoms with Crippen molar-refractivity contribution in [1.29, 1.82) is 0 Å². The van der Waals surface area contributed by atoms with E-state index in [1.54, 1.807) is 4.90 Å². The summed E-state index contributed by atoms with van der Waals surface area (Å²) in [6.07, 6.45) is 6.92. The zero-order valence-electron chi connectivity index (χ0n) is 18.6. The first kappa shape index (κ1) is 21.2. The van der Waals surface area contributed by atoms with Crippen LogP contribution in [0.4, 0.5) is 11.4 Å². The highest BCUT2D eigenvalue weighted by Crippen LogP contribution is 2.40. The maximum absolute atomic E-state index is 13.4. The fourth-order valence-electron chi connectivity index (χ4n) is 5.39. The molecule has 5 rings (SSSR count). The summed E-state index contributed by atoms with van der Waals surface area (Å²) in [7, 11) is 0. The lowest BCUT2D eigenvalue weighted by atomic mass is 9.95. The second-order valence-electron chi connectivity index (χ2n) is 9.27. The maximum Gasteiger partial charge on any atom is 0.253 e. The first-order valence-corrected chi connectivity index (χ1v) is 12.0. The van der Waals surface area contributed by atoms with Crippen LogP contribution in [-0.4, -0.2) is 74.1 Å². The predicted molar refractivity (Wildman–Crippen MR) is 121 cm³/mol. The Kier molecular flexibility index (Phi) is 6.04. The summed E-state index contributed by atoms with van der Waals surface area (Å²) < 4.78 is 5.59. The van der Waals surface area contributed by atoms with Gasteiger partial charge in [0.2, 0.25) is 11.8 Å². The van der Waals surface area contributed by atoms with Crippen LogP contribution in [0.3, 0.4) is 0 Å². The molecule has 1 N–H and O–H groups in total. The molecule has 3 fully saturated rings. The molecule has 172 valence electrons. The molecule has 1 aromatic carbocycles. The highest BCUT2D eigenvalue weighted by Gasteiger charge is 2.40. The number of likely N-dealkylation sites (tertiary alicyclic amines) is 1. The van der Waals surface area contributed by atoms with E-state index >= 15 is 0 Å². The molecule has 0 unspecified atom stereocenters. The van der Waals surface area contributed by atoms with Crippen LogP contribution in [-0.2, 0) is 14.3 Å². The van der Waals surface area contributed by atoms with Crippen molar-refractivity contribution in [1.82, 2.24) is 10.2 Å². The van der Waals surface area contributed by atoms with Crippen molar-refractivity contribution in [2.45, 2.75) is 57.1 Å². The minimum Gasteiger partial charge on any atom is -0.376 e. The van der Waals surface area contributed by atoms with Crippen molar-refractivity contribution in [2.24, 2.45) is 0 Å². The SMILES string of the molecule is O=C(CN1C(=O)[C@H]2CCCCN2c2ccc(C(=O)N3CCCC3)cc21)NC[C@@H]1CCCO1. The van der Waals surface area contributed by atoms with Crippen LogP contribution in [0, 0.1) is 0 Å². The van der Waals surface area contributed by atoms with E-state index in [0.717, 1.165) is 76.9 Å². The molecule has 3 saturated heterocycles. The number of anilines is 2. The zero-order chi connectivity index (χ0) is 22.1. The number of hydrogen-bond donors (Lipinski definition) is 1. The Bertz CT molecular complexity index is 892. The van der Waals surface area contributed by atoms with Crippen LogP contribution in [0.1, 0.15) is 55.3 Å². The van der Waals surface area contributed by atoms with Gasteiger partial charge in [-0.25, -0.2) is 0 Å². The molecule has 4 aliphatic rings. The Morgan fingerprint density at radius 1 is 1.00 bits per heavy atom. The predicted octanol–water partition coefficient (Wildman–Crippen LogP) is 1.92. The molecular formula is C24H32N4O4. The highest BCUT2D eigenvalue weighted by molar-refractivity contribution is 6.09. The Morgan fingerprint density at radius 3 is 2.59 bits per heavy atom. The lowest BCUT2D eigenvalue weighted by Gasteiger charge is -2.45. The quantitative estimate of drug-likeness (QED) is 0.757. The van der Waals surface area contributed by atoms with Gasteiger partial charge in [0, 0.05) is 38.3 Å². The van der Waals surface area contributed by atoms with E-state index in [1.807, 2.05) is 23.1 Å². The Hall–Kier alpha value is -2.61. The number of benzene rings is 1. The van der Waals surface area contributed by atoms with Gasteiger partial charge in [0.15, 0.2) is 0 Å². The van der Waals surface area contributed by atoms with Gasteiger partial charge >= 0.3 is 0 Å². The average Bonchev–Trinajstić information content (AvgIpc) is 3.54. The number of piperidine rings is 1. The highest BCUT2D eigenvalue weighted by atomic mass is 16.5. The molecule has 32 heavy (non-hydrogen) atoms. The normalized spacial score (nSPS) is 25.0. The number of hydrogen-bond acceptors (Lipinski definition) is 5. The molecule has 0 bridgehead atoms. The van der Waals surface area contributed by atoms with E-state index in [2.05, 4.69) is 10.2 Å². The van der Waals surface area contributed by atoms with E-state index in [0.29, 0.717) is 17.8 Å². The molecule has 0 aliphatic carbocycles. The molecule has 3 amide bonds. The van der Waals surface area contributed by atoms with E-state index in [9.17, 15) is 14.4 Å². The number of carbonyl (C=O) groups excluding carboxylic acids is 3. The number of fused-ring (bicyclic) bond motifs is 3. The second-order valence-corrected chi connectivity index (χ2v) is 9.27. The van der Waals surface area contributed by atoms with E-state index in [-0.39, 0.29) is 36.4 Å². The Labute approximate surface area is 188 Å². The first-order chi connectivity index (χ1) is 15.6. The number of amides is 3. The van der Waals surface area contributed by atoms with Gasteiger partial charge in [-0.1, -0.05) is 0 Å². The number of nitrogens with zero attached hydrogens (tertiary/aromatic N) is 3. The minimum absolute atomic E-state index is 0.00120. The van der Waals surface area contributed by atoms with Gasteiger partial charge in [-0.2, -0.15) is 0 Å². The fraction of sp³-hybridized carbons (Fsp3) is 0.625. The Balaban J connectivity index is 1.40. The van der Waals surface area contributed by atoms with Crippen molar-refractivity contribution in [3.8, 4) is 0 Å². The van der Waals surface area contributed by atoms with E-state index in [1.165, 1.54) is 0 Å². The van der Waals surface area contributed by atoms with Crippen molar-refractivity contribution in [3.63, 3.8) is 0 Å². The maximum atomic E-state index is 13.4. The molecule has 4 heterocycles. The first-order valence-electron chi connectivity index (χ1n) is 12.0. The van der Waals surface area contributed by atoms with E-state index < -0.39 is 0 Å². The van der Waals surface area contributed by atoms with Gasteiger partial charge in [-0.15, -0.1) is 0 Å². The molecule has 1 aromatic rings. The molecule has 0 radical (unpaired) electrons. The number of carbonyl (C=O) groups is 3. The van der Waals surface area contributed by atoms with Crippen LogP contribution in [0.15, 0.2) is 18.2 Å². The Morgan fingerprint density at radius 2 is 1.81 bits per heavy atom. The van der Waals surface area contributed by atoms with Crippen LogP contribution in [0.2, 0.25) is 0 Å². The number of rotatable bonds is 5. The lowest BCUT2D eigenvalue weighted by molar-refractivity contribution is -0.125. The average molecular weight is 441 g/mol. The largest absolute Gasteiger partial charge is 0.376 e. The summed E-state index contributed by atoms with van der Waals surface area (Å²) in [5.74, 6) is -0.239. The monoisotopic (exact) mass is 440 g/mol. The fourth-order valence-corrected chi connectivity index (χ4v) is 5.39. The van der Waals surface area contributed by atoms with Gasteiger partial charge in [0.05, 0.1) is 17.5 Å². The standard InChI is InChI=1S/C24H32N4O4/c29-22(25-15-18-6-5-13-32-18)16-28-21-14-17(23(30)26-10-3-4-11-26)8-9-19(21)27-12-2-1-7-20(27)24(28)31/h8-9,14,18,20H,1-7,10-13,15-16H2,(H,25,29)/t18-,20+/m0/s1. The van der Waals surface area contributed by atoms with Gasteiger partial charge in [0.1, 0.15) is 12.6 Å². The molecule has 2 atom stereocenters. The van der Waals surface area contributed by atoms with E-state index in [4.69, 9.17) is 4.74 Å². The van der Waals surface area contributed by atoms with Crippen LogP contribution < -0.4 is 15.1 Å². The minimum atomic E-state index is -0.234. The molecule has 4 aliphatic heterocycles. The van der Waals surface area contributed by atoms with Crippen LogP contribution in [0.25, 0.3) is 0 Å². The van der Waals surface area contributed by atoms with Crippen molar-refractivity contribution in [2.75, 3.05) is 49.1 Å². The topological polar surface area (TPSA) is 82.2 Å².